The van der Waals surface area contributed by atoms with E-state index in [1.807, 2.05) is 0 Å². The lowest BCUT2D eigenvalue weighted by molar-refractivity contribution is 0.0690. The number of carbonyl (C=O) groups is 1. The monoisotopic (exact) mass is 314 g/mol. The summed E-state index contributed by atoms with van der Waals surface area (Å²) in [6, 6.07) is 3.07. The molecule has 1 N–H and O–H groups in total. The average molecular weight is 314 g/mol. The van der Waals surface area contributed by atoms with E-state index in [0.717, 1.165) is 0 Å². The second-order valence-electron chi connectivity index (χ2n) is 4.30. The first-order valence-electron chi connectivity index (χ1n) is 5.67. The summed E-state index contributed by atoms with van der Waals surface area (Å²) in [6.45, 7) is 0.533. The predicted molar refractivity (Wildman–Crippen MR) is 69.1 cm³/mol. The van der Waals surface area contributed by atoms with Crippen LogP contribution in [0.5, 0.6) is 0 Å². The molecule has 0 unspecified atom stereocenters. The highest BCUT2D eigenvalue weighted by molar-refractivity contribution is 7.91. The normalized spacial score (nSPS) is 17.0. The summed E-state index contributed by atoms with van der Waals surface area (Å²) < 4.78 is 27.4. The lowest BCUT2D eigenvalue weighted by Crippen LogP contribution is -2.50. The van der Waals surface area contributed by atoms with Crippen LogP contribution < -0.4 is 0 Å². The van der Waals surface area contributed by atoms with Crippen molar-refractivity contribution in [2.45, 2.75) is 10.3 Å². The average Bonchev–Trinajstić information content (AvgIpc) is 2.97. The summed E-state index contributed by atoms with van der Waals surface area (Å²) in [5.74, 6) is -1.15. The van der Waals surface area contributed by atoms with Gasteiger partial charge in [0.15, 0.2) is 5.69 Å². The molecule has 1 saturated heterocycles. The minimum absolute atomic E-state index is 0.149. The van der Waals surface area contributed by atoms with E-state index in [4.69, 9.17) is 5.11 Å². The van der Waals surface area contributed by atoms with Crippen LogP contribution in [0.2, 0.25) is 0 Å². The zero-order valence-corrected chi connectivity index (χ0v) is 11.7. The number of nitrogens with zero attached hydrogens (tertiary/aromatic N) is 4. The number of aromatic carboxylic acids is 1. The number of hydrogen-bond acceptors (Lipinski definition) is 6. The van der Waals surface area contributed by atoms with E-state index in [9.17, 15) is 13.2 Å². The Balaban J connectivity index is 1.71. The Bertz CT molecular complexity index is 731. The second-order valence-corrected chi connectivity index (χ2v) is 7.41. The van der Waals surface area contributed by atoms with Gasteiger partial charge >= 0.3 is 5.97 Å². The van der Waals surface area contributed by atoms with Gasteiger partial charge in [0, 0.05) is 13.1 Å². The molecule has 0 amide bonds. The van der Waals surface area contributed by atoms with Crippen molar-refractivity contribution in [1.82, 2.24) is 19.3 Å². The molecule has 0 aliphatic carbocycles. The molecule has 0 spiro atoms. The highest BCUT2D eigenvalue weighted by atomic mass is 32.2. The lowest BCUT2D eigenvalue weighted by atomic mass is 10.2. The molecule has 1 aliphatic rings. The van der Waals surface area contributed by atoms with Crippen LogP contribution in [0.3, 0.4) is 0 Å². The van der Waals surface area contributed by atoms with Gasteiger partial charge in [0.1, 0.15) is 4.21 Å². The number of aromatic nitrogens is 3. The quantitative estimate of drug-likeness (QED) is 0.869. The third-order valence-electron chi connectivity index (χ3n) is 3.02. The summed E-state index contributed by atoms with van der Waals surface area (Å²) >= 11 is 1.17. The zero-order chi connectivity index (χ0) is 14.3. The Kier molecular flexibility index (Phi) is 3.07. The standard InChI is InChI=1S/C10H10N4O4S2/c15-10(16)8-6-14(12-11-8)7-4-13(5-7)20(17,18)9-2-1-3-19-9/h1-3,6-7H,4-5H2,(H,15,16). The van der Waals surface area contributed by atoms with E-state index < -0.39 is 16.0 Å². The molecule has 1 fully saturated rings. The van der Waals surface area contributed by atoms with Crippen LogP contribution in [0.25, 0.3) is 0 Å². The van der Waals surface area contributed by atoms with Gasteiger partial charge in [-0.25, -0.2) is 17.9 Å². The van der Waals surface area contributed by atoms with Crippen LogP contribution in [-0.4, -0.2) is 51.9 Å². The van der Waals surface area contributed by atoms with E-state index in [1.165, 1.54) is 26.5 Å². The molecular weight excluding hydrogens is 304 g/mol. The Morgan fingerprint density at radius 1 is 1.45 bits per heavy atom. The van der Waals surface area contributed by atoms with Crippen molar-refractivity contribution < 1.29 is 18.3 Å². The van der Waals surface area contributed by atoms with Crippen molar-refractivity contribution in [3.8, 4) is 0 Å². The zero-order valence-electron chi connectivity index (χ0n) is 10.1. The minimum Gasteiger partial charge on any atom is -0.476 e. The van der Waals surface area contributed by atoms with Crippen LogP contribution in [0.15, 0.2) is 27.9 Å². The third-order valence-corrected chi connectivity index (χ3v) is 6.23. The number of sulfonamides is 1. The Hall–Kier alpha value is -1.78. The van der Waals surface area contributed by atoms with Gasteiger partial charge in [0.05, 0.1) is 12.2 Å². The highest BCUT2D eigenvalue weighted by Crippen LogP contribution is 2.29. The smallest absolute Gasteiger partial charge is 0.358 e. The summed E-state index contributed by atoms with van der Waals surface area (Å²) in [6.07, 6.45) is 1.31. The maximum atomic E-state index is 12.2. The Labute approximate surface area is 118 Å². The van der Waals surface area contributed by atoms with Gasteiger partial charge in [-0.2, -0.15) is 4.31 Å². The van der Waals surface area contributed by atoms with Gasteiger partial charge in [-0.1, -0.05) is 11.3 Å². The van der Waals surface area contributed by atoms with Gasteiger partial charge in [0.2, 0.25) is 0 Å². The van der Waals surface area contributed by atoms with Crippen molar-refractivity contribution in [1.29, 1.82) is 0 Å². The Morgan fingerprint density at radius 3 is 2.75 bits per heavy atom. The van der Waals surface area contributed by atoms with Crippen LogP contribution in [0, 0.1) is 0 Å². The van der Waals surface area contributed by atoms with E-state index in [2.05, 4.69) is 10.3 Å². The van der Waals surface area contributed by atoms with Crippen molar-refractivity contribution in [2.75, 3.05) is 13.1 Å². The van der Waals surface area contributed by atoms with Crippen molar-refractivity contribution in [3.05, 3.63) is 29.4 Å². The topological polar surface area (TPSA) is 105 Å². The second kappa shape index (κ2) is 4.65. The summed E-state index contributed by atoms with van der Waals surface area (Å²) in [5.41, 5.74) is -0.149. The maximum Gasteiger partial charge on any atom is 0.358 e. The number of carboxylic acid groups (broad SMARTS) is 1. The number of rotatable bonds is 4. The van der Waals surface area contributed by atoms with Gasteiger partial charge in [-0.3, -0.25) is 0 Å². The molecule has 1 aliphatic heterocycles. The summed E-state index contributed by atoms with van der Waals surface area (Å²) in [7, 11) is -3.44. The van der Waals surface area contributed by atoms with Crippen LogP contribution in [-0.2, 0) is 10.0 Å². The van der Waals surface area contributed by atoms with Gasteiger partial charge in [0.25, 0.3) is 10.0 Å². The van der Waals surface area contributed by atoms with Crippen LogP contribution >= 0.6 is 11.3 Å². The fraction of sp³-hybridized carbons (Fsp3) is 0.300. The van der Waals surface area contributed by atoms with Crippen molar-refractivity contribution >= 4 is 27.3 Å². The molecule has 2 aromatic rings. The molecule has 2 aromatic heterocycles. The number of thiophene rings is 1. The largest absolute Gasteiger partial charge is 0.476 e. The molecule has 3 heterocycles. The molecule has 20 heavy (non-hydrogen) atoms. The molecule has 0 bridgehead atoms. The van der Waals surface area contributed by atoms with Crippen molar-refractivity contribution in [2.24, 2.45) is 0 Å². The van der Waals surface area contributed by atoms with Gasteiger partial charge in [-0.15, -0.1) is 16.4 Å². The highest BCUT2D eigenvalue weighted by Gasteiger charge is 2.38. The SMILES string of the molecule is O=C(O)c1cn(C2CN(S(=O)(=O)c3cccs3)C2)nn1. The van der Waals surface area contributed by atoms with Gasteiger partial charge < -0.3 is 5.11 Å². The summed E-state index contributed by atoms with van der Waals surface area (Å²) in [4.78, 5) is 10.7. The number of carboxylic acids is 1. The van der Waals surface area contributed by atoms with E-state index in [0.29, 0.717) is 4.21 Å². The molecule has 3 rings (SSSR count). The summed E-state index contributed by atoms with van der Waals surface area (Å²) in [5, 5.41) is 17.7. The predicted octanol–water partition coefficient (Wildman–Crippen LogP) is 0.283. The minimum atomic E-state index is -3.44. The van der Waals surface area contributed by atoms with E-state index in [1.54, 1.807) is 17.5 Å². The van der Waals surface area contributed by atoms with E-state index >= 15 is 0 Å². The number of hydrogen-bond donors (Lipinski definition) is 1. The fourth-order valence-electron chi connectivity index (χ4n) is 1.87. The molecule has 8 nitrogen and oxygen atoms in total. The lowest BCUT2D eigenvalue weighted by Gasteiger charge is -2.37. The first-order valence-corrected chi connectivity index (χ1v) is 7.99. The molecule has 0 aromatic carbocycles. The van der Waals surface area contributed by atoms with E-state index in [-0.39, 0.29) is 24.8 Å². The first kappa shape index (κ1) is 13.2. The van der Waals surface area contributed by atoms with Crippen molar-refractivity contribution in [3.63, 3.8) is 0 Å². The molecule has 10 heteroatoms. The molecule has 106 valence electrons. The Morgan fingerprint density at radius 2 is 2.20 bits per heavy atom. The molecule has 0 saturated carbocycles. The fourth-order valence-corrected chi connectivity index (χ4v) is 4.53. The molecule has 0 atom stereocenters. The van der Waals surface area contributed by atoms with Gasteiger partial charge in [-0.05, 0) is 11.4 Å². The molecular formula is C10H10N4O4S2. The third kappa shape index (κ3) is 2.11. The van der Waals surface area contributed by atoms with Crippen LogP contribution in [0.1, 0.15) is 16.5 Å². The molecule has 0 radical (unpaired) electrons. The van der Waals surface area contributed by atoms with Crippen LogP contribution in [0.4, 0.5) is 0 Å². The maximum absolute atomic E-state index is 12.2. The first-order chi connectivity index (χ1) is 9.48.